The highest BCUT2D eigenvalue weighted by Gasteiger charge is 2.25. The summed E-state index contributed by atoms with van der Waals surface area (Å²) in [6, 6.07) is 6.62. The number of ether oxygens (including phenoxy) is 1. The first-order valence-electron chi connectivity index (χ1n) is 5.80. The maximum absolute atomic E-state index is 12.4. The van der Waals surface area contributed by atoms with Crippen molar-refractivity contribution in [2.24, 2.45) is 0 Å². The van der Waals surface area contributed by atoms with E-state index >= 15 is 0 Å². The van der Waals surface area contributed by atoms with E-state index in [1.165, 1.54) is 18.6 Å². The van der Waals surface area contributed by atoms with Crippen molar-refractivity contribution in [2.45, 2.75) is 11.8 Å². The average Bonchev–Trinajstić information content (AvgIpc) is 2.91. The number of rotatable bonds is 4. The molecule has 0 spiro atoms. The molecule has 1 N–H and O–H groups in total. The Hall–Kier alpha value is -1.38. The summed E-state index contributed by atoms with van der Waals surface area (Å²) in [6.07, 6.45) is 0. The van der Waals surface area contributed by atoms with Gasteiger partial charge in [0.15, 0.2) is 0 Å². The topological polar surface area (TPSA) is 72.5 Å². The summed E-state index contributed by atoms with van der Waals surface area (Å²) in [5, 5.41) is 1.53. The summed E-state index contributed by atoms with van der Waals surface area (Å²) in [4.78, 5) is 11.6. The SMILES string of the molecule is COC(=O)c1sccc1S(=O)(=O)Nc1ccc(C)cc1Br. The van der Waals surface area contributed by atoms with Crippen LogP contribution in [0.2, 0.25) is 0 Å². The Morgan fingerprint density at radius 1 is 1.33 bits per heavy atom. The van der Waals surface area contributed by atoms with E-state index in [0.717, 1.165) is 16.9 Å². The van der Waals surface area contributed by atoms with Crippen molar-refractivity contribution in [1.82, 2.24) is 0 Å². The number of benzene rings is 1. The van der Waals surface area contributed by atoms with Crippen molar-refractivity contribution in [3.63, 3.8) is 0 Å². The van der Waals surface area contributed by atoms with E-state index in [-0.39, 0.29) is 9.77 Å². The Bertz CT molecular complexity index is 783. The number of anilines is 1. The number of nitrogens with one attached hydrogen (secondary N) is 1. The molecular formula is C13H12BrNO4S2. The smallest absolute Gasteiger partial charge is 0.349 e. The Kier molecular flexibility index (Phi) is 4.70. The number of thiophene rings is 1. The zero-order valence-electron chi connectivity index (χ0n) is 11.2. The van der Waals surface area contributed by atoms with Gasteiger partial charge in [-0.3, -0.25) is 4.72 Å². The van der Waals surface area contributed by atoms with Crippen LogP contribution in [0.5, 0.6) is 0 Å². The molecule has 112 valence electrons. The third-order valence-corrected chi connectivity index (χ3v) is 5.75. The van der Waals surface area contributed by atoms with Crippen molar-refractivity contribution in [3.05, 3.63) is 44.6 Å². The van der Waals surface area contributed by atoms with E-state index in [0.29, 0.717) is 10.2 Å². The van der Waals surface area contributed by atoms with Gasteiger partial charge >= 0.3 is 5.97 Å². The van der Waals surface area contributed by atoms with Gasteiger partial charge in [0.2, 0.25) is 0 Å². The Morgan fingerprint density at radius 2 is 2.05 bits per heavy atom. The summed E-state index contributed by atoms with van der Waals surface area (Å²) in [5.41, 5.74) is 1.40. The number of methoxy groups -OCH3 is 1. The molecule has 0 amide bonds. The molecule has 2 rings (SSSR count). The molecule has 0 saturated heterocycles. The third kappa shape index (κ3) is 3.45. The van der Waals surface area contributed by atoms with Gasteiger partial charge in [-0.05, 0) is 52.0 Å². The van der Waals surface area contributed by atoms with E-state index < -0.39 is 16.0 Å². The second-order valence-electron chi connectivity index (χ2n) is 4.19. The number of esters is 1. The van der Waals surface area contributed by atoms with E-state index in [1.807, 2.05) is 6.92 Å². The highest BCUT2D eigenvalue weighted by Crippen LogP contribution is 2.29. The first-order chi connectivity index (χ1) is 9.85. The third-order valence-electron chi connectivity index (χ3n) is 2.66. The Balaban J connectivity index is 2.39. The van der Waals surface area contributed by atoms with Crippen molar-refractivity contribution < 1.29 is 17.9 Å². The molecule has 21 heavy (non-hydrogen) atoms. The monoisotopic (exact) mass is 389 g/mol. The van der Waals surface area contributed by atoms with Crippen LogP contribution in [-0.4, -0.2) is 21.5 Å². The van der Waals surface area contributed by atoms with Gasteiger partial charge in [0.25, 0.3) is 10.0 Å². The molecule has 2 aromatic rings. The number of halogens is 1. The first-order valence-corrected chi connectivity index (χ1v) is 8.95. The van der Waals surface area contributed by atoms with Crippen LogP contribution >= 0.6 is 27.3 Å². The normalized spacial score (nSPS) is 11.2. The quantitative estimate of drug-likeness (QED) is 0.813. The molecule has 0 radical (unpaired) electrons. The molecule has 0 saturated carbocycles. The lowest BCUT2D eigenvalue weighted by molar-refractivity contribution is 0.0602. The molecule has 0 aliphatic heterocycles. The molecule has 0 unspecified atom stereocenters. The van der Waals surface area contributed by atoms with E-state index in [1.54, 1.807) is 18.2 Å². The summed E-state index contributed by atoms with van der Waals surface area (Å²) in [5.74, 6) is -0.673. The van der Waals surface area contributed by atoms with E-state index in [4.69, 9.17) is 0 Å². The Morgan fingerprint density at radius 3 is 2.67 bits per heavy atom. The largest absolute Gasteiger partial charge is 0.465 e. The van der Waals surface area contributed by atoms with Gasteiger partial charge < -0.3 is 4.74 Å². The second-order valence-corrected chi connectivity index (χ2v) is 7.62. The van der Waals surface area contributed by atoms with Gasteiger partial charge in [0.1, 0.15) is 9.77 Å². The van der Waals surface area contributed by atoms with Gasteiger partial charge in [-0.2, -0.15) is 0 Å². The van der Waals surface area contributed by atoms with Crippen LogP contribution in [0.1, 0.15) is 15.2 Å². The summed E-state index contributed by atoms with van der Waals surface area (Å²) in [7, 11) is -2.65. The predicted molar refractivity (Wildman–Crippen MR) is 85.3 cm³/mol. The predicted octanol–water partition coefficient (Wildman–Crippen LogP) is 3.41. The summed E-state index contributed by atoms with van der Waals surface area (Å²) < 4.78 is 32.5. The molecular weight excluding hydrogens is 378 g/mol. The first kappa shape index (κ1) is 16.0. The molecule has 0 aliphatic carbocycles. The van der Waals surface area contributed by atoms with Gasteiger partial charge in [-0.25, -0.2) is 13.2 Å². The fraction of sp³-hybridized carbons (Fsp3) is 0.154. The highest BCUT2D eigenvalue weighted by atomic mass is 79.9. The lowest BCUT2D eigenvalue weighted by atomic mass is 10.2. The van der Waals surface area contributed by atoms with Gasteiger partial charge in [-0.1, -0.05) is 6.07 Å². The standard InChI is InChI=1S/C13H12BrNO4S2/c1-8-3-4-10(9(14)7-8)15-21(17,18)11-5-6-20-12(11)13(16)19-2/h3-7,15H,1-2H3. The fourth-order valence-electron chi connectivity index (χ4n) is 1.65. The summed E-state index contributed by atoms with van der Waals surface area (Å²) in [6.45, 7) is 1.90. The maximum atomic E-state index is 12.4. The molecule has 1 aromatic carbocycles. The number of hydrogen-bond donors (Lipinski definition) is 1. The maximum Gasteiger partial charge on any atom is 0.349 e. The number of hydrogen-bond acceptors (Lipinski definition) is 5. The highest BCUT2D eigenvalue weighted by molar-refractivity contribution is 9.10. The fourth-order valence-corrected chi connectivity index (χ4v) is 4.79. The molecule has 0 atom stereocenters. The van der Waals surface area contributed by atoms with Gasteiger partial charge in [0, 0.05) is 4.47 Å². The minimum absolute atomic E-state index is 0.0493. The zero-order chi connectivity index (χ0) is 15.6. The molecule has 1 heterocycles. The molecule has 1 aromatic heterocycles. The Labute approximate surface area is 135 Å². The number of carbonyl (C=O) groups is 1. The minimum atomic E-state index is -3.86. The summed E-state index contributed by atoms with van der Waals surface area (Å²) >= 11 is 4.33. The van der Waals surface area contributed by atoms with Crippen LogP contribution in [0.3, 0.4) is 0 Å². The van der Waals surface area contributed by atoms with Gasteiger partial charge in [-0.15, -0.1) is 11.3 Å². The van der Waals surface area contributed by atoms with Crippen LogP contribution in [0.25, 0.3) is 0 Å². The van der Waals surface area contributed by atoms with Crippen molar-refractivity contribution in [1.29, 1.82) is 0 Å². The zero-order valence-corrected chi connectivity index (χ0v) is 14.4. The number of carbonyl (C=O) groups excluding carboxylic acids is 1. The lowest BCUT2D eigenvalue weighted by Gasteiger charge is -2.10. The molecule has 0 aliphatic rings. The van der Waals surface area contributed by atoms with Crippen LogP contribution in [-0.2, 0) is 14.8 Å². The minimum Gasteiger partial charge on any atom is -0.465 e. The van der Waals surface area contributed by atoms with E-state index in [9.17, 15) is 13.2 Å². The van der Waals surface area contributed by atoms with Crippen LogP contribution in [0, 0.1) is 6.92 Å². The molecule has 0 bridgehead atoms. The van der Waals surface area contributed by atoms with Crippen LogP contribution in [0.4, 0.5) is 5.69 Å². The van der Waals surface area contributed by atoms with E-state index in [2.05, 4.69) is 25.4 Å². The average molecular weight is 390 g/mol. The van der Waals surface area contributed by atoms with Crippen LogP contribution in [0.15, 0.2) is 39.0 Å². The second kappa shape index (κ2) is 6.17. The number of sulfonamides is 1. The lowest BCUT2D eigenvalue weighted by Crippen LogP contribution is -2.16. The van der Waals surface area contributed by atoms with Crippen molar-refractivity contribution >= 4 is 48.9 Å². The number of aryl methyl sites for hydroxylation is 1. The molecule has 8 heteroatoms. The van der Waals surface area contributed by atoms with Crippen LogP contribution < -0.4 is 4.72 Å². The molecule has 5 nitrogen and oxygen atoms in total. The van der Waals surface area contributed by atoms with Crippen molar-refractivity contribution in [2.75, 3.05) is 11.8 Å². The van der Waals surface area contributed by atoms with Crippen molar-refractivity contribution in [3.8, 4) is 0 Å². The molecule has 0 fully saturated rings. The van der Waals surface area contributed by atoms with Gasteiger partial charge in [0.05, 0.1) is 12.8 Å².